The quantitative estimate of drug-likeness (QED) is 0.311. The summed E-state index contributed by atoms with van der Waals surface area (Å²) >= 11 is 6.01. The second-order valence-electron chi connectivity index (χ2n) is 7.11. The number of hydrogen-bond acceptors (Lipinski definition) is 5. The lowest BCUT2D eigenvalue weighted by molar-refractivity contribution is 0.113. The molecule has 1 aromatic carbocycles. The maximum Gasteiger partial charge on any atom is 0.194 e. The van der Waals surface area contributed by atoms with Gasteiger partial charge in [0.25, 0.3) is 0 Å². The number of aromatic nitrogens is 3. The summed E-state index contributed by atoms with van der Waals surface area (Å²) in [6, 6.07) is 7.41. The molecule has 0 spiro atoms. The molecule has 1 atom stereocenters. The first-order valence-electron chi connectivity index (χ1n) is 9.87. The van der Waals surface area contributed by atoms with Crippen molar-refractivity contribution in [1.82, 2.24) is 25.0 Å². The van der Waals surface area contributed by atoms with E-state index in [1.807, 2.05) is 54.8 Å². The molecular weight excluding hydrogens is 519 g/mol. The fourth-order valence-electron chi connectivity index (χ4n) is 3.02. The summed E-state index contributed by atoms with van der Waals surface area (Å²) in [4.78, 5) is 6.79. The lowest BCUT2D eigenvalue weighted by Crippen LogP contribution is -2.43. The number of rotatable bonds is 8. The van der Waals surface area contributed by atoms with Gasteiger partial charge in [0.05, 0.1) is 12.6 Å². The molecule has 0 bridgehead atoms. The standard InChI is InChI=1S/C20H29ClN6O2.HI/c1-15-24-25-19(27(15)3)14-23-20(22-13-18-8-5-10-28-18)26(2)9-11-29-17-7-4-6-16(21)12-17;/h4,6-7,12,18H,5,8-11,13-14H2,1-3H3,(H,22,23);1H. The van der Waals surface area contributed by atoms with Gasteiger partial charge in [-0.05, 0) is 38.0 Å². The molecule has 0 aliphatic carbocycles. The molecule has 0 amide bonds. The molecule has 166 valence electrons. The number of nitrogens with one attached hydrogen (secondary N) is 1. The maximum absolute atomic E-state index is 6.01. The Morgan fingerprint density at radius 1 is 1.43 bits per heavy atom. The molecule has 0 radical (unpaired) electrons. The van der Waals surface area contributed by atoms with Crippen LogP contribution in [0.4, 0.5) is 0 Å². The van der Waals surface area contributed by atoms with Crippen LogP contribution in [0, 0.1) is 6.92 Å². The second-order valence-corrected chi connectivity index (χ2v) is 7.54. The van der Waals surface area contributed by atoms with E-state index >= 15 is 0 Å². The minimum Gasteiger partial charge on any atom is -0.492 e. The van der Waals surface area contributed by atoms with Crippen LogP contribution in [-0.4, -0.2) is 65.1 Å². The smallest absolute Gasteiger partial charge is 0.194 e. The van der Waals surface area contributed by atoms with E-state index in [9.17, 15) is 0 Å². The Kier molecular flexibility index (Phi) is 10.1. The molecule has 1 unspecified atom stereocenters. The van der Waals surface area contributed by atoms with Crippen LogP contribution in [0.15, 0.2) is 29.3 Å². The van der Waals surface area contributed by atoms with Gasteiger partial charge in [-0.1, -0.05) is 17.7 Å². The SMILES string of the molecule is Cc1nnc(CN=C(NCC2CCCO2)N(C)CCOc2cccc(Cl)c2)n1C.I. The van der Waals surface area contributed by atoms with Crippen molar-refractivity contribution in [3.63, 3.8) is 0 Å². The number of nitrogens with zero attached hydrogens (tertiary/aromatic N) is 5. The Balaban J connectivity index is 0.00000320. The molecule has 2 heterocycles. The van der Waals surface area contributed by atoms with Crippen LogP contribution in [0.2, 0.25) is 5.02 Å². The first kappa shape index (κ1) is 24.7. The van der Waals surface area contributed by atoms with Gasteiger partial charge in [0.15, 0.2) is 11.8 Å². The number of benzene rings is 1. The fourth-order valence-corrected chi connectivity index (χ4v) is 3.20. The van der Waals surface area contributed by atoms with Gasteiger partial charge >= 0.3 is 0 Å². The van der Waals surface area contributed by atoms with Gasteiger partial charge in [0.2, 0.25) is 0 Å². The minimum absolute atomic E-state index is 0. The number of aliphatic imine (C=N–C) groups is 1. The predicted octanol–water partition coefficient (Wildman–Crippen LogP) is 3.03. The first-order valence-corrected chi connectivity index (χ1v) is 10.2. The minimum atomic E-state index is 0. The Morgan fingerprint density at radius 3 is 2.93 bits per heavy atom. The topological polar surface area (TPSA) is 76.8 Å². The number of likely N-dealkylation sites (N-methyl/N-ethyl adjacent to an activating group) is 1. The Hall–Kier alpha value is -1.59. The zero-order chi connectivity index (χ0) is 20.6. The molecular formula is C20H30ClIN6O2. The summed E-state index contributed by atoms with van der Waals surface area (Å²) in [6.45, 7) is 5.12. The lowest BCUT2D eigenvalue weighted by Gasteiger charge is -2.24. The molecule has 0 saturated carbocycles. The van der Waals surface area contributed by atoms with Crippen LogP contribution in [0.25, 0.3) is 0 Å². The zero-order valence-electron chi connectivity index (χ0n) is 17.7. The summed E-state index contributed by atoms with van der Waals surface area (Å²) < 4.78 is 13.5. The third-order valence-corrected chi connectivity index (χ3v) is 5.15. The average molecular weight is 549 g/mol. The average Bonchev–Trinajstić information content (AvgIpc) is 3.33. The van der Waals surface area contributed by atoms with E-state index < -0.39 is 0 Å². The Morgan fingerprint density at radius 2 is 2.27 bits per heavy atom. The number of aryl methyl sites for hydroxylation is 1. The van der Waals surface area contributed by atoms with Gasteiger partial charge in [-0.25, -0.2) is 4.99 Å². The van der Waals surface area contributed by atoms with Crippen molar-refractivity contribution in [3.8, 4) is 5.75 Å². The van der Waals surface area contributed by atoms with Gasteiger partial charge in [-0.2, -0.15) is 0 Å². The van der Waals surface area contributed by atoms with E-state index in [0.29, 0.717) is 24.7 Å². The van der Waals surface area contributed by atoms with Crippen LogP contribution >= 0.6 is 35.6 Å². The van der Waals surface area contributed by atoms with E-state index in [1.165, 1.54) is 0 Å². The molecule has 2 aromatic rings. The highest BCUT2D eigenvalue weighted by Gasteiger charge is 2.17. The summed E-state index contributed by atoms with van der Waals surface area (Å²) in [6.07, 6.45) is 2.42. The van der Waals surface area contributed by atoms with Crippen molar-refractivity contribution in [3.05, 3.63) is 40.9 Å². The van der Waals surface area contributed by atoms with Crippen LogP contribution < -0.4 is 10.1 Å². The van der Waals surface area contributed by atoms with Crippen molar-refractivity contribution in [2.24, 2.45) is 12.0 Å². The predicted molar refractivity (Wildman–Crippen MR) is 129 cm³/mol. The van der Waals surface area contributed by atoms with E-state index in [4.69, 9.17) is 26.1 Å². The van der Waals surface area contributed by atoms with Gasteiger partial charge in [-0.15, -0.1) is 34.2 Å². The van der Waals surface area contributed by atoms with Crippen molar-refractivity contribution >= 4 is 41.5 Å². The van der Waals surface area contributed by atoms with Gasteiger partial charge in [0.1, 0.15) is 24.7 Å². The largest absolute Gasteiger partial charge is 0.492 e. The summed E-state index contributed by atoms with van der Waals surface area (Å²) in [5.41, 5.74) is 0. The van der Waals surface area contributed by atoms with Crippen molar-refractivity contribution < 1.29 is 9.47 Å². The lowest BCUT2D eigenvalue weighted by atomic mass is 10.2. The van der Waals surface area contributed by atoms with Crippen LogP contribution in [0.1, 0.15) is 24.5 Å². The molecule has 3 rings (SSSR count). The summed E-state index contributed by atoms with van der Waals surface area (Å²) in [5, 5.41) is 12.4. The fraction of sp³-hybridized carbons (Fsp3) is 0.550. The molecule has 1 fully saturated rings. The van der Waals surface area contributed by atoms with Gasteiger partial charge < -0.3 is 24.3 Å². The molecule has 1 aliphatic heterocycles. The number of halogens is 2. The first-order chi connectivity index (χ1) is 14.0. The molecule has 8 nitrogen and oxygen atoms in total. The second kappa shape index (κ2) is 12.3. The van der Waals surface area contributed by atoms with E-state index in [-0.39, 0.29) is 30.1 Å². The molecule has 10 heteroatoms. The number of ether oxygens (including phenoxy) is 2. The molecule has 30 heavy (non-hydrogen) atoms. The highest BCUT2D eigenvalue weighted by atomic mass is 127. The molecule has 1 aromatic heterocycles. The maximum atomic E-state index is 6.01. The number of hydrogen-bond donors (Lipinski definition) is 1. The summed E-state index contributed by atoms with van der Waals surface area (Å²) in [7, 11) is 3.94. The summed E-state index contributed by atoms with van der Waals surface area (Å²) in [5.74, 6) is 3.23. The highest BCUT2D eigenvalue weighted by Crippen LogP contribution is 2.17. The van der Waals surface area contributed by atoms with E-state index in [0.717, 1.165) is 49.4 Å². The number of guanidine groups is 1. The van der Waals surface area contributed by atoms with E-state index in [2.05, 4.69) is 15.5 Å². The zero-order valence-corrected chi connectivity index (χ0v) is 20.8. The molecule has 1 N–H and O–H groups in total. The van der Waals surface area contributed by atoms with Crippen molar-refractivity contribution in [2.75, 3.05) is 33.4 Å². The Bertz CT molecular complexity index is 825. The molecule has 1 aliphatic rings. The highest BCUT2D eigenvalue weighted by molar-refractivity contribution is 14.0. The van der Waals surface area contributed by atoms with E-state index in [1.54, 1.807) is 0 Å². The van der Waals surface area contributed by atoms with Gasteiger partial charge in [-0.3, -0.25) is 0 Å². The van der Waals surface area contributed by atoms with Crippen LogP contribution in [0.5, 0.6) is 5.75 Å². The van der Waals surface area contributed by atoms with Crippen LogP contribution in [-0.2, 0) is 18.3 Å². The van der Waals surface area contributed by atoms with Crippen LogP contribution in [0.3, 0.4) is 0 Å². The third kappa shape index (κ3) is 7.28. The van der Waals surface area contributed by atoms with Crippen molar-refractivity contribution in [2.45, 2.75) is 32.4 Å². The van der Waals surface area contributed by atoms with Gasteiger partial charge in [0, 0.05) is 32.3 Å². The monoisotopic (exact) mass is 548 g/mol. The van der Waals surface area contributed by atoms with Crippen molar-refractivity contribution in [1.29, 1.82) is 0 Å². The third-order valence-electron chi connectivity index (χ3n) is 4.92. The normalized spacial score (nSPS) is 16.3. The molecule has 1 saturated heterocycles. The Labute approximate surface area is 200 Å².